The summed E-state index contributed by atoms with van der Waals surface area (Å²) in [5.41, 5.74) is 0. The first-order chi connectivity index (χ1) is 8.29. The van der Waals surface area contributed by atoms with Crippen LogP contribution >= 0.6 is 0 Å². The number of nitrogens with one attached hydrogen (secondary N) is 2. The Morgan fingerprint density at radius 1 is 0.941 bits per heavy atom. The van der Waals surface area contributed by atoms with Crippen molar-refractivity contribution in [2.24, 2.45) is 0 Å². The molecule has 0 atom stereocenters. The molecule has 1 saturated carbocycles. The third-order valence-corrected chi connectivity index (χ3v) is 3.54. The van der Waals surface area contributed by atoms with Gasteiger partial charge in [0.2, 0.25) is 5.91 Å². The molecule has 0 spiro atoms. The lowest BCUT2D eigenvalue weighted by Crippen LogP contribution is -2.36. The van der Waals surface area contributed by atoms with Crippen LogP contribution < -0.4 is 10.6 Å². The van der Waals surface area contributed by atoms with Gasteiger partial charge in [0.05, 0.1) is 0 Å². The average Bonchev–Trinajstić information content (AvgIpc) is 2.32. The van der Waals surface area contributed by atoms with Crippen molar-refractivity contribution in [3.8, 4) is 0 Å². The van der Waals surface area contributed by atoms with Gasteiger partial charge in [-0.15, -0.1) is 0 Å². The van der Waals surface area contributed by atoms with E-state index in [0.717, 1.165) is 13.1 Å². The van der Waals surface area contributed by atoms with Gasteiger partial charge >= 0.3 is 0 Å². The zero-order valence-electron chi connectivity index (χ0n) is 11.3. The molecule has 0 saturated heterocycles. The highest BCUT2D eigenvalue weighted by atomic mass is 16.1. The molecule has 1 rings (SSSR count). The van der Waals surface area contributed by atoms with Crippen LogP contribution in [0.2, 0.25) is 0 Å². The van der Waals surface area contributed by atoms with Crippen LogP contribution in [0.1, 0.15) is 64.7 Å². The van der Waals surface area contributed by atoms with Crippen molar-refractivity contribution in [2.75, 3.05) is 13.1 Å². The zero-order chi connectivity index (χ0) is 12.3. The number of carbonyl (C=O) groups excluding carboxylic acids is 1. The fraction of sp³-hybridized carbons (Fsp3) is 0.929. The minimum Gasteiger partial charge on any atom is -0.355 e. The average molecular weight is 240 g/mol. The minimum atomic E-state index is 0.0674. The maximum Gasteiger partial charge on any atom is 0.216 e. The van der Waals surface area contributed by atoms with Gasteiger partial charge in [-0.05, 0) is 12.8 Å². The van der Waals surface area contributed by atoms with Crippen molar-refractivity contribution < 1.29 is 4.79 Å². The van der Waals surface area contributed by atoms with Crippen molar-refractivity contribution in [2.45, 2.75) is 70.8 Å². The summed E-state index contributed by atoms with van der Waals surface area (Å²) in [6.07, 6.45) is 12.4. The summed E-state index contributed by atoms with van der Waals surface area (Å²) in [5.74, 6) is 0.0674. The Labute approximate surface area is 106 Å². The summed E-state index contributed by atoms with van der Waals surface area (Å²) in [6, 6.07) is 0.668. The Morgan fingerprint density at radius 3 is 2.00 bits per heavy atom. The Kier molecular flexibility index (Phi) is 8.06. The van der Waals surface area contributed by atoms with E-state index in [2.05, 4.69) is 10.6 Å². The molecule has 0 bridgehead atoms. The topological polar surface area (TPSA) is 41.1 Å². The summed E-state index contributed by atoms with van der Waals surface area (Å²) < 4.78 is 0. The molecule has 1 amide bonds. The van der Waals surface area contributed by atoms with Gasteiger partial charge in [0.25, 0.3) is 0 Å². The summed E-state index contributed by atoms with van der Waals surface area (Å²) in [4.78, 5) is 10.7. The molecule has 0 aromatic carbocycles. The van der Waals surface area contributed by atoms with Crippen LogP contribution in [0, 0.1) is 0 Å². The van der Waals surface area contributed by atoms with Crippen LogP contribution in [0.5, 0.6) is 0 Å². The molecule has 1 aliphatic carbocycles. The van der Waals surface area contributed by atoms with E-state index in [1.54, 1.807) is 6.92 Å². The quantitative estimate of drug-likeness (QED) is 0.742. The van der Waals surface area contributed by atoms with E-state index < -0.39 is 0 Å². The maximum absolute atomic E-state index is 10.7. The van der Waals surface area contributed by atoms with E-state index in [9.17, 15) is 4.79 Å². The number of hydrogen-bond acceptors (Lipinski definition) is 2. The van der Waals surface area contributed by atoms with Gasteiger partial charge in [-0.1, -0.05) is 44.9 Å². The Hall–Kier alpha value is -0.570. The van der Waals surface area contributed by atoms with E-state index in [-0.39, 0.29) is 5.91 Å². The molecule has 0 heterocycles. The number of amides is 1. The molecule has 0 aliphatic heterocycles. The third-order valence-electron chi connectivity index (χ3n) is 3.54. The molecule has 0 aromatic rings. The second kappa shape index (κ2) is 9.46. The molecular weight excluding hydrogens is 212 g/mol. The van der Waals surface area contributed by atoms with Crippen LogP contribution in [0.3, 0.4) is 0 Å². The monoisotopic (exact) mass is 240 g/mol. The molecule has 2 N–H and O–H groups in total. The van der Waals surface area contributed by atoms with E-state index >= 15 is 0 Å². The van der Waals surface area contributed by atoms with Gasteiger partial charge in [0.1, 0.15) is 0 Å². The second-order valence-electron chi connectivity index (χ2n) is 5.19. The summed E-state index contributed by atoms with van der Waals surface area (Å²) in [7, 11) is 0. The van der Waals surface area contributed by atoms with Crippen LogP contribution in [0.15, 0.2) is 0 Å². The second-order valence-corrected chi connectivity index (χ2v) is 5.19. The van der Waals surface area contributed by atoms with Gasteiger partial charge in [0, 0.05) is 26.1 Å². The molecule has 1 fully saturated rings. The number of hydrogen-bond donors (Lipinski definition) is 2. The Balaban J connectivity index is 2.11. The normalized spacial score (nSPS) is 19.8. The standard InChI is InChI=1S/C14H28N2O/c1-13(17)15-11-12-16-14-9-7-5-3-2-4-6-8-10-14/h14,16H,2-12H2,1H3,(H,15,17). The Bertz CT molecular complexity index is 196. The van der Waals surface area contributed by atoms with E-state index in [1.165, 1.54) is 57.8 Å². The SMILES string of the molecule is CC(=O)NCCNC1CCCCCCCCC1. The van der Waals surface area contributed by atoms with Crippen LogP contribution in [0.25, 0.3) is 0 Å². The highest BCUT2D eigenvalue weighted by Crippen LogP contribution is 2.16. The molecule has 1 aliphatic rings. The van der Waals surface area contributed by atoms with Crippen molar-refractivity contribution >= 4 is 5.91 Å². The molecule has 0 aromatic heterocycles. The first kappa shape index (κ1) is 14.5. The summed E-state index contributed by atoms with van der Waals surface area (Å²) >= 11 is 0. The third kappa shape index (κ3) is 8.19. The number of rotatable bonds is 4. The van der Waals surface area contributed by atoms with Crippen LogP contribution in [0.4, 0.5) is 0 Å². The lowest BCUT2D eigenvalue weighted by Gasteiger charge is -2.20. The highest BCUT2D eigenvalue weighted by Gasteiger charge is 2.08. The lowest BCUT2D eigenvalue weighted by molar-refractivity contribution is -0.118. The lowest BCUT2D eigenvalue weighted by atomic mass is 9.97. The van der Waals surface area contributed by atoms with E-state index in [4.69, 9.17) is 0 Å². The first-order valence-corrected chi connectivity index (χ1v) is 7.27. The van der Waals surface area contributed by atoms with Gasteiger partial charge in [-0.25, -0.2) is 0 Å². The van der Waals surface area contributed by atoms with Gasteiger partial charge in [0.15, 0.2) is 0 Å². The number of carbonyl (C=O) groups is 1. The van der Waals surface area contributed by atoms with Crippen LogP contribution in [-0.4, -0.2) is 25.0 Å². The molecule has 3 heteroatoms. The van der Waals surface area contributed by atoms with Gasteiger partial charge in [-0.3, -0.25) is 4.79 Å². The van der Waals surface area contributed by atoms with Crippen molar-refractivity contribution in [3.63, 3.8) is 0 Å². The molecule has 100 valence electrons. The molecule has 3 nitrogen and oxygen atoms in total. The van der Waals surface area contributed by atoms with Crippen molar-refractivity contribution in [1.82, 2.24) is 10.6 Å². The zero-order valence-corrected chi connectivity index (χ0v) is 11.3. The fourth-order valence-electron chi connectivity index (χ4n) is 2.53. The first-order valence-electron chi connectivity index (χ1n) is 7.27. The van der Waals surface area contributed by atoms with E-state index in [1.807, 2.05) is 0 Å². The van der Waals surface area contributed by atoms with E-state index in [0.29, 0.717) is 6.04 Å². The van der Waals surface area contributed by atoms with Gasteiger partial charge < -0.3 is 10.6 Å². The molecule has 17 heavy (non-hydrogen) atoms. The molecule has 0 unspecified atom stereocenters. The fourth-order valence-corrected chi connectivity index (χ4v) is 2.53. The highest BCUT2D eigenvalue weighted by molar-refractivity contribution is 5.72. The van der Waals surface area contributed by atoms with Crippen molar-refractivity contribution in [1.29, 1.82) is 0 Å². The predicted octanol–water partition coefficient (Wildman–Crippen LogP) is 2.61. The molecular formula is C14H28N2O. The summed E-state index contributed by atoms with van der Waals surface area (Å²) in [5, 5.41) is 6.41. The summed E-state index contributed by atoms with van der Waals surface area (Å²) in [6.45, 7) is 3.24. The minimum absolute atomic E-state index is 0.0674. The molecule has 0 radical (unpaired) electrons. The smallest absolute Gasteiger partial charge is 0.216 e. The van der Waals surface area contributed by atoms with Crippen LogP contribution in [-0.2, 0) is 4.79 Å². The van der Waals surface area contributed by atoms with Crippen molar-refractivity contribution in [3.05, 3.63) is 0 Å². The largest absolute Gasteiger partial charge is 0.355 e. The maximum atomic E-state index is 10.7. The Morgan fingerprint density at radius 2 is 1.47 bits per heavy atom. The predicted molar refractivity (Wildman–Crippen MR) is 72.0 cm³/mol. The van der Waals surface area contributed by atoms with Gasteiger partial charge in [-0.2, -0.15) is 0 Å².